The lowest BCUT2D eigenvalue weighted by Gasteiger charge is -2.01. The average Bonchev–Trinajstić information content (AvgIpc) is 2.83. The molecule has 1 N–H and O–H groups in total. The third-order valence-electron chi connectivity index (χ3n) is 3.19. The van der Waals surface area contributed by atoms with Crippen molar-refractivity contribution in [3.05, 3.63) is 71.3 Å². The molecule has 0 spiro atoms. The lowest BCUT2D eigenvalue weighted by atomic mass is 10.1. The molecule has 0 heterocycles. The molecule has 0 bridgehead atoms. The van der Waals surface area contributed by atoms with Crippen molar-refractivity contribution in [1.29, 1.82) is 0 Å². The zero-order chi connectivity index (χ0) is 13.9. The highest BCUT2D eigenvalue weighted by molar-refractivity contribution is 6.26. The summed E-state index contributed by atoms with van der Waals surface area (Å²) >= 11 is 0. The Morgan fingerprint density at radius 3 is 2.35 bits per heavy atom. The van der Waals surface area contributed by atoms with Gasteiger partial charge in [0.15, 0.2) is 5.78 Å². The summed E-state index contributed by atoms with van der Waals surface area (Å²) in [7, 11) is 0. The number of Topliss-reactive ketones (excluding diaryl/α,β-unsaturated/α-hetero) is 1. The highest BCUT2D eigenvalue weighted by Crippen LogP contribution is 2.21. The lowest BCUT2D eigenvalue weighted by Crippen LogP contribution is -2.19. The van der Waals surface area contributed by atoms with Crippen molar-refractivity contribution < 1.29 is 9.59 Å². The number of carbonyl (C=O) groups excluding carboxylic acids is 2. The third kappa shape index (κ3) is 2.23. The van der Waals surface area contributed by atoms with Gasteiger partial charge in [0.1, 0.15) is 0 Å². The van der Waals surface area contributed by atoms with Crippen LogP contribution in [-0.4, -0.2) is 17.4 Å². The summed E-state index contributed by atoms with van der Waals surface area (Å²) in [5.74, 6) is -0.247. The second kappa shape index (κ2) is 5.09. The first kappa shape index (κ1) is 12.3. The van der Waals surface area contributed by atoms with E-state index in [1.165, 1.54) is 0 Å². The second-order valence-electron chi connectivity index (χ2n) is 4.51. The van der Waals surface area contributed by atoms with E-state index in [0.717, 1.165) is 5.56 Å². The minimum Gasteiger partial charge on any atom is -0.294 e. The standard InChI is InChI=1S/C16H12N2O2/c19-15-10-14(12-8-4-5-9-13(12)15)17-18-16(20)11-6-2-1-3-7-11/h1-9H,10H2,(H,18,20)/b17-14-. The second-order valence-corrected chi connectivity index (χ2v) is 4.51. The Morgan fingerprint density at radius 2 is 1.60 bits per heavy atom. The number of rotatable bonds is 2. The first-order chi connectivity index (χ1) is 9.75. The number of hydrazone groups is 1. The number of ketones is 1. The van der Waals surface area contributed by atoms with Crippen molar-refractivity contribution in [1.82, 2.24) is 5.43 Å². The maximum absolute atomic E-state index is 11.9. The fraction of sp³-hybridized carbons (Fsp3) is 0.0625. The number of benzene rings is 2. The number of carbonyl (C=O) groups is 2. The van der Waals surface area contributed by atoms with Crippen molar-refractivity contribution in [2.24, 2.45) is 5.10 Å². The number of hydrogen-bond acceptors (Lipinski definition) is 3. The molecule has 0 aliphatic heterocycles. The van der Waals surface area contributed by atoms with Gasteiger partial charge in [-0.3, -0.25) is 9.59 Å². The fourth-order valence-corrected chi connectivity index (χ4v) is 2.19. The Bertz CT molecular complexity index is 705. The smallest absolute Gasteiger partial charge is 0.271 e. The molecule has 2 aromatic carbocycles. The third-order valence-corrected chi connectivity index (χ3v) is 3.19. The number of nitrogens with one attached hydrogen (secondary N) is 1. The van der Waals surface area contributed by atoms with E-state index >= 15 is 0 Å². The largest absolute Gasteiger partial charge is 0.294 e. The molecule has 0 unspecified atom stereocenters. The molecule has 0 fully saturated rings. The Kier molecular flexibility index (Phi) is 3.13. The molecule has 2 aromatic rings. The van der Waals surface area contributed by atoms with Crippen molar-refractivity contribution in [2.45, 2.75) is 6.42 Å². The van der Waals surface area contributed by atoms with E-state index in [1.54, 1.807) is 30.3 Å². The Hall–Kier alpha value is -2.75. The summed E-state index contributed by atoms with van der Waals surface area (Å²) in [6.45, 7) is 0. The Balaban J connectivity index is 1.82. The number of nitrogens with zero attached hydrogens (tertiary/aromatic N) is 1. The predicted octanol–water partition coefficient (Wildman–Crippen LogP) is 2.41. The van der Waals surface area contributed by atoms with E-state index in [-0.39, 0.29) is 18.1 Å². The summed E-state index contributed by atoms with van der Waals surface area (Å²) in [6, 6.07) is 16.1. The van der Waals surface area contributed by atoms with Crippen LogP contribution in [0.2, 0.25) is 0 Å². The topological polar surface area (TPSA) is 58.5 Å². The fourth-order valence-electron chi connectivity index (χ4n) is 2.19. The highest BCUT2D eigenvalue weighted by atomic mass is 16.2. The minimum atomic E-state index is -0.282. The Morgan fingerprint density at radius 1 is 0.950 bits per heavy atom. The number of hydrogen-bond donors (Lipinski definition) is 1. The average molecular weight is 264 g/mol. The molecule has 1 aliphatic carbocycles. The first-order valence-electron chi connectivity index (χ1n) is 6.30. The van der Waals surface area contributed by atoms with Gasteiger partial charge in [0, 0.05) is 16.7 Å². The summed E-state index contributed by atoms with van der Waals surface area (Å²) in [5, 5.41) is 4.09. The van der Waals surface area contributed by atoms with Crippen LogP contribution in [0.4, 0.5) is 0 Å². The highest BCUT2D eigenvalue weighted by Gasteiger charge is 2.25. The monoisotopic (exact) mass is 264 g/mol. The normalized spacial score (nSPS) is 15.2. The van der Waals surface area contributed by atoms with Gasteiger partial charge in [0.2, 0.25) is 0 Å². The molecule has 1 aliphatic rings. The van der Waals surface area contributed by atoms with Gasteiger partial charge in [0.25, 0.3) is 5.91 Å². The van der Waals surface area contributed by atoms with Gasteiger partial charge in [-0.1, -0.05) is 42.5 Å². The molecule has 0 saturated carbocycles. The van der Waals surface area contributed by atoms with Gasteiger partial charge >= 0.3 is 0 Å². The van der Waals surface area contributed by atoms with E-state index < -0.39 is 0 Å². The van der Waals surface area contributed by atoms with Crippen LogP contribution in [0, 0.1) is 0 Å². The predicted molar refractivity (Wildman–Crippen MR) is 75.8 cm³/mol. The minimum absolute atomic E-state index is 0.0355. The molecule has 1 amide bonds. The van der Waals surface area contributed by atoms with Crippen molar-refractivity contribution in [3.63, 3.8) is 0 Å². The van der Waals surface area contributed by atoms with Crippen LogP contribution in [-0.2, 0) is 0 Å². The van der Waals surface area contributed by atoms with Crippen molar-refractivity contribution >= 4 is 17.4 Å². The van der Waals surface area contributed by atoms with E-state index in [2.05, 4.69) is 10.5 Å². The van der Waals surface area contributed by atoms with Gasteiger partial charge in [0.05, 0.1) is 12.1 Å². The maximum atomic E-state index is 11.9. The van der Waals surface area contributed by atoms with E-state index in [1.807, 2.05) is 24.3 Å². The molecule has 4 heteroatoms. The number of fused-ring (bicyclic) bond motifs is 1. The SMILES string of the molecule is O=C(N/N=C1/CC(=O)c2ccccc21)c1ccccc1. The van der Waals surface area contributed by atoms with Crippen LogP contribution < -0.4 is 5.43 Å². The molecule has 0 atom stereocenters. The van der Waals surface area contributed by atoms with E-state index in [9.17, 15) is 9.59 Å². The van der Waals surface area contributed by atoms with Crippen LogP contribution in [0.5, 0.6) is 0 Å². The maximum Gasteiger partial charge on any atom is 0.271 e. The Labute approximate surface area is 116 Å². The summed E-state index contributed by atoms with van der Waals surface area (Å²) < 4.78 is 0. The van der Waals surface area contributed by atoms with Gasteiger partial charge in [-0.2, -0.15) is 5.10 Å². The summed E-state index contributed by atoms with van der Waals surface area (Å²) in [6.07, 6.45) is 0.231. The first-order valence-corrected chi connectivity index (χ1v) is 6.30. The van der Waals surface area contributed by atoms with Crippen molar-refractivity contribution in [3.8, 4) is 0 Å². The molecule has 20 heavy (non-hydrogen) atoms. The summed E-state index contributed by atoms with van der Waals surface area (Å²) in [4.78, 5) is 23.7. The van der Waals surface area contributed by atoms with Gasteiger partial charge in [-0.15, -0.1) is 0 Å². The quantitative estimate of drug-likeness (QED) is 0.847. The van der Waals surface area contributed by atoms with Crippen LogP contribution >= 0.6 is 0 Å². The molecule has 98 valence electrons. The molecular weight excluding hydrogens is 252 g/mol. The number of amides is 1. The molecular formula is C16H12N2O2. The molecule has 3 rings (SSSR count). The zero-order valence-electron chi connectivity index (χ0n) is 10.7. The van der Waals surface area contributed by atoms with Crippen molar-refractivity contribution in [2.75, 3.05) is 0 Å². The van der Waals surface area contributed by atoms with E-state index in [4.69, 9.17) is 0 Å². The van der Waals surface area contributed by atoms with Crippen LogP contribution in [0.1, 0.15) is 32.7 Å². The lowest BCUT2D eigenvalue weighted by molar-refractivity contribution is 0.0952. The molecule has 0 saturated heterocycles. The molecule has 0 radical (unpaired) electrons. The van der Waals surface area contributed by atoms with Gasteiger partial charge in [-0.25, -0.2) is 5.43 Å². The van der Waals surface area contributed by atoms with Gasteiger partial charge < -0.3 is 0 Å². The molecule has 4 nitrogen and oxygen atoms in total. The zero-order valence-corrected chi connectivity index (χ0v) is 10.7. The van der Waals surface area contributed by atoms with E-state index in [0.29, 0.717) is 16.8 Å². The van der Waals surface area contributed by atoms with Crippen LogP contribution in [0.15, 0.2) is 59.7 Å². The molecule has 0 aromatic heterocycles. The van der Waals surface area contributed by atoms with Crippen LogP contribution in [0.25, 0.3) is 0 Å². The summed E-state index contributed by atoms with van der Waals surface area (Å²) in [5.41, 5.74) is 5.11. The van der Waals surface area contributed by atoms with Gasteiger partial charge in [-0.05, 0) is 12.1 Å². The van der Waals surface area contributed by atoms with Crippen LogP contribution in [0.3, 0.4) is 0 Å².